The molecule has 0 spiro atoms. The Labute approximate surface area is 229 Å². The smallest absolute Gasteiger partial charge is 0.477 e. The molecule has 3 heterocycles. The number of thioether (sulfide) groups is 1. The van der Waals surface area contributed by atoms with Crippen LogP contribution in [0.1, 0.15) is 19.5 Å². The minimum absolute atomic E-state index is 0.00982. The zero-order chi connectivity index (χ0) is 29.1. The summed E-state index contributed by atoms with van der Waals surface area (Å²) in [5.74, 6) is -3.49. The first-order valence-electron chi connectivity index (χ1n) is 11.2. The van der Waals surface area contributed by atoms with Crippen LogP contribution in [0.2, 0.25) is 0 Å². The maximum absolute atomic E-state index is 13.7. The van der Waals surface area contributed by atoms with E-state index in [-0.39, 0.29) is 28.8 Å². The van der Waals surface area contributed by atoms with Crippen molar-refractivity contribution >= 4 is 64.0 Å². The molecule has 0 aliphatic carbocycles. The van der Waals surface area contributed by atoms with Gasteiger partial charge in [0.2, 0.25) is 0 Å². The molecular formula is C21H26N6O10S2. The van der Waals surface area contributed by atoms with Crippen molar-refractivity contribution in [2.24, 2.45) is 5.16 Å². The molecule has 0 aromatic carbocycles. The van der Waals surface area contributed by atoms with Crippen LogP contribution in [0.25, 0.3) is 0 Å². The van der Waals surface area contributed by atoms with Gasteiger partial charge in [-0.05, 0) is 13.8 Å². The number of nitrogens with one attached hydrogen (secondary N) is 1. The number of aliphatic carboxylic acids is 1. The second kappa shape index (κ2) is 11.8. The normalized spacial score (nSPS) is 21.3. The maximum Gasteiger partial charge on any atom is 0.508 e. The number of β-lactam (4-membered cyclic amide) rings is 1. The first-order chi connectivity index (χ1) is 18.4. The third-order valence-electron chi connectivity index (χ3n) is 5.70. The van der Waals surface area contributed by atoms with E-state index in [0.717, 1.165) is 32.9 Å². The Kier molecular flexibility index (Phi) is 8.90. The molecule has 5 N–H and O–H groups in total. The summed E-state index contributed by atoms with van der Waals surface area (Å²) in [6, 6.07) is 0. The molecule has 3 atom stereocenters. The van der Waals surface area contributed by atoms with Gasteiger partial charge in [0, 0.05) is 30.8 Å². The zero-order valence-corrected chi connectivity index (χ0v) is 22.8. The molecule has 16 nitrogen and oxygen atoms in total. The number of nitrogens with two attached hydrogens (primary N) is 1. The van der Waals surface area contributed by atoms with E-state index >= 15 is 0 Å². The molecular weight excluding hydrogens is 560 g/mol. The fourth-order valence-electron chi connectivity index (χ4n) is 3.87. The van der Waals surface area contributed by atoms with Crippen LogP contribution in [0, 0.1) is 0 Å². The number of carboxylic acids is 1. The van der Waals surface area contributed by atoms with Gasteiger partial charge in [0.15, 0.2) is 16.4 Å². The van der Waals surface area contributed by atoms with Crippen molar-refractivity contribution in [1.29, 1.82) is 0 Å². The Morgan fingerprint density at radius 2 is 2.05 bits per heavy atom. The summed E-state index contributed by atoms with van der Waals surface area (Å²) in [5, 5.41) is 25.2. The lowest BCUT2D eigenvalue weighted by Gasteiger charge is -2.58. The van der Waals surface area contributed by atoms with E-state index in [0.29, 0.717) is 0 Å². The first kappa shape index (κ1) is 29.5. The maximum atomic E-state index is 13.7. The van der Waals surface area contributed by atoms with Gasteiger partial charge in [0.1, 0.15) is 29.5 Å². The number of carbonyl (C=O) groups excluding carboxylic acids is 4. The van der Waals surface area contributed by atoms with E-state index < -0.39 is 65.1 Å². The average molecular weight is 587 g/mol. The van der Waals surface area contributed by atoms with Crippen molar-refractivity contribution in [3.63, 3.8) is 0 Å². The Bertz CT molecular complexity index is 1250. The van der Waals surface area contributed by atoms with Crippen molar-refractivity contribution in [3.05, 3.63) is 22.3 Å². The van der Waals surface area contributed by atoms with E-state index in [9.17, 15) is 34.3 Å². The largest absolute Gasteiger partial charge is 0.508 e. The lowest BCUT2D eigenvalue weighted by Crippen LogP contribution is -2.84. The molecule has 2 aliphatic rings. The second-order valence-electron chi connectivity index (χ2n) is 8.33. The molecule has 0 saturated carbocycles. The monoisotopic (exact) mass is 586 g/mol. The first-order valence-corrected chi connectivity index (χ1v) is 13.2. The van der Waals surface area contributed by atoms with Crippen LogP contribution < -0.4 is 11.1 Å². The van der Waals surface area contributed by atoms with Gasteiger partial charge in [-0.25, -0.2) is 19.4 Å². The summed E-state index contributed by atoms with van der Waals surface area (Å²) in [6.45, 7) is 2.43. The van der Waals surface area contributed by atoms with Gasteiger partial charge in [-0.3, -0.25) is 14.5 Å². The lowest BCUT2D eigenvalue weighted by molar-refractivity contribution is -0.167. The molecule has 3 amide bonds. The van der Waals surface area contributed by atoms with Crippen LogP contribution in [-0.4, -0.2) is 111 Å². The van der Waals surface area contributed by atoms with Gasteiger partial charge in [-0.1, -0.05) is 5.16 Å². The predicted octanol–water partition coefficient (Wildman–Crippen LogP) is 0.272. The van der Waals surface area contributed by atoms with Crippen LogP contribution >= 0.6 is 23.1 Å². The Balaban J connectivity index is 1.99. The molecule has 1 saturated heterocycles. The van der Waals surface area contributed by atoms with Crippen molar-refractivity contribution in [2.45, 2.75) is 30.9 Å². The molecule has 3 rings (SSSR count). The average Bonchev–Trinajstić information content (AvgIpc) is 3.30. The van der Waals surface area contributed by atoms with Crippen LogP contribution in [0.3, 0.4) is 0 Å². The van der Waals surface area contributed by atoms with Crippen molar-refractivity contribution in [3.8, 4) is 0 Å². The summed E-state index contributed by atoms with van der Waals surface area (Å²) >= 11 is 2.01. The molecule has 1 fully saturated rings. The number of carboxylic acid groups (broad SMARTS) is 1. The van der Waals surface area contributed by atoms with Crippen molar-refractivity contribution in [2.75, 3.05) is 38.8 Å². The summed E-state index contributed by atoms with van der Waals surface area (Å²) in [6.07, 6.45) is -3.21. The fraction of sp³-hybridized carbons (Fsp3) is 0.476. The highest BCUT2D eigenvalue weighted by molar-refractivity contribution is 8.00. The number of carbonyl (C=O) groups is 5. The summed E-state index contributed by atoms with van der Waals surface area (Å²) in [7, 11) is 2.90. The summed E-state index contributed by atoms with van der Waals surface area (Å²) < 4.78 is 15.2. The van der Waals surface area contributed by atoms with E-state index in [4.69, 9.17) is 19.9 Å². The molecule has 0 radical (unpaired) electrons. The Hall–Kier alpha value is -4.06. The summed E-state index contributed by atoms with van der Waals surface area (Å²) in [4.78, 5) is 69.1. The molecule has 18 heteroatoms. The van der Waals surface area contributed by atoms with Gasteiger partial charge in [0.05, 0.1) is 6.61 Å². The second-order valence-corrected chi connectivity index (χ2v) is 10.3. The topological polar surface area (TPSA) is 223 Å². The highest BCUT2D eigenvalue weighted by atomic mass is 32.2. The van der Waals surface area contributed by atoms with Crippen LogP contribution in [0.5, 0.6) is 0 Å². The zero-order valence-electron chi connectivity index (χ0n) is 21.2. The van der Waals surface area contributed by atoms with E-state index in [1.165, 1.54) is 33.3 Å². The van der Waals surface area contributed by atoms with Crippen LogP contribution in [0.4, 0.5) is 14.7 Å². The third-order valence-corrected chi connectivity index (χ3v) is 7.79. The SMILES string of the molecule is CCOC(=O)OC(C)C1(NC(=O)/C(=N\O)c2csc(N)n2)C(=O)N2C(C(=O)O)=C(COC(=O)N(C)C)CS[C@H]21. The Morgan fingerprint density at radius 1 is 1.36 bits per heavy atom. The molecule has 212 valence electrons. The number of nitrogens with zero attached hydrogens (tertiary/aromatic N) is 4. The fourth-order valence-corrected chi connectivity index (χ4v) is 5.96. The number of oxime groups is 1. The number of ether oxygens (including phenoxy) is 3. The van der Waals surface area contributed by atoms with E-state index in [1.807, 2.05) is 0 Å². The van der Waals surface area contributed by atoms with Crippen molar-refractivity contribution < 1.29 is 48.5 Å². The van der Waals surface area contributed by atoms with E-state index in [1.54, 1.807) is 0 Å². The molecule has 1 aromatic heterocycles. The van der Waals surface area contributed by atoms with Crippen molar-refractivity contribution in [1.82, 2.24) is 20.1 Å². The number of thiazole rings is 1. The van der Waals surface area contributed by atoms with E-state index in [2.05, 4.69) is 15.5 Å². The quantitative estimate of drug-likeness (QED) is 0.100. The van der Waals surface area contributed by atoms with Crippen LogP contribution in [0.15, 0.2) is 21.8 Å². The number of aromatic nitrogens is 1. The van der Waals surface area contributed by atoms with Gasteiger partial charge < -0.3 is 40.5 Å². The number of amides is 3. The minimum Gasteiger partial charge on any atom is -0.477 e. The highest BCUT2D eigenvalue weighted by Gasteiger charge is 2.69. The lowest BCUT2D eigenvalue weighted by atomic mass is 9.81. The highest BCUT2D eigenvalue weighted by Crippen LogP contribution is 2.48. The molecule has 0 bridgehead atoms. The molecule has 2 aliphatic heterocycles. The third kappa shape index (κ3) is 5.56. The van der Waals surface area contributed by atoms with Gasteiger partial charge >= 0.3 is 18.2 Å². The van der Waals surface area contributed by atoms with Gasteiger partial charge in [0.25, 0.3) is 11.8 Å². The van der Waals surface area contributed by atoms with Gasteiger partial charge in [-0.15, -0.1) is 23.1 Å². The molecule has 1 aromatic rings. The van der Waals surface area contributed by atoms with Crippen LogP contribution in [-0.2, 0) is 28.6 Å². The number of hydrogen-bond acceptors (Lipinski definition) is 14. The standard InChI is InChI=1S/C21H26N6O10S2/c1-5-35-20(33)37-9(2)21(24-14(28)12(25-34)11-8-39-18(22)23-11)16(31)27-13(15(29)30)10(7-38-17(21)27)6-36-19(32)26(3)4/h8-9,17,34H,5-7H2,1-4H3,(H2,22,23)(H,24,28)(H,29,30)/b25-12-/t9?,17-,21?/m0/s1. The molecule has 39 heavy (non-hydrogen) atoms. The number of nitrogen functional groups attached to an aromatic ring is 1. The minimum atomic E-state index is -2.00. The summed E-state index contributed by atoms with van der Waals surface area (Å²) in [5.41, 5.74) is 2.64. The van der Waals surface area contributed by atoms with Gasteiger partial charge in [-0.2, -0.15) is 0 Å². The number of anilines is 1. The predicted molar refractivity (Wildman–Crippen MR) is 136 cm³/mol. The number of rotatable bonds is 9. The number of fused-ring (bicyclic) bond motifs is 1. The number of hydrogen-bond donors (Lipinski definition) is 4. The Morgan fingerprint density at radius 3 is 2.59 bits per heavy atom. The molecule has 2 unspecified atom stereocenters.